The molecule has 0 spiro atoms. The number of amides is 4. The summed E-state index contributed by atoms with van der Waals surface area (Å²) in [5.41, 5.74) is 1.16. The summed E-state index contributed by atoms with van der Waals surface area (Å²) in [6.07, 6.45) is 1.49. The van der Waals surface area contributed by atoms with Gasteiger partial charge in [0.25, 0.3) is 5.91 Å². The first-order valence-electron chi connectivity index (χ1n) is 11.1. The van der Waals surface area contributed by atoms with Crippen molar-refractivity contribution in [2.45, 2.75) is 50.7 Å². The minimum atomic E-state index is -1.28. The van der Waals surface area contributed by atoms with Crippen LogP contribution in [0.25, 0.3) is 10.9 Å². The molecule has 0 aliphatic carbocycles. The zero-order chi connectivity index (χ0) is 23.7. The van der Waals surface area contributed by atoms with Crippen molar-refractivity contribution >= 4 is 34.7 Å². The van der Waals surface area contributed by atoms with Crippen LogP contribution in [0, 0.1) is 0 Å². The van der Waals surface area contributed by atoms with E-state index in [-0.39, 0.29) is 0 Å². The van der Waals surface area contributed by atoms with Crippen LogP contribution in [0.4, 0.5) is 4.79 Å². The number of nitrogens with one attached hydrogen (secondary N) is 1. The molecule has 2 saturated heterocycles. The second-order valence-electron chi connectivity index (χ2n) is 9.03. The largest absolute Gasteiger partial charge is 0.497 e. The average molecular weight is 454 g/mol. The normalized spacial score (nSPS) is 25.4. The number of H-pyrrole nitrogens is 1. The van der Waals surface area contributed by atoms with Crippen LogP contribution >= 0.6 is 0 Å². The second-order valence-corrected chi connectivity index (χ2v) is 9.03. The fourth-order valence-corrected chi connectivity index (χ4v) is 5.55. The zero-order valence-corrected chi connectivity index (χ0v) is 18.8. The molecular formula is C23H26N4O6. The molecule has 1 aromatic heterocycles. The van der Waals surface area contributed by atoms with Gasteiger partial charge >= 0.3 is 12.0 Å². The number of carboxylic acids is 1. The molecular weight excluding hydrogens is 428 g/mol. The van der Waals surface area contributed by atoms with E-state index in [1.165, 1.54) is 16.7 Å². The van der Waals surface area contributed by atoms with Crippen LogP contribution in [-0.4, -0.2) is 80.9 Å². The smallest absolute Gasteiger partial charge is 0.328 e. The van der Waals surface area contributed by atoms with Crippen LogP contribution in [0.1, 0.15) is 37.9 Å². The lowest BCUT2D eigenvalue weighted by Crippen LogP contribution is -2.53. The molecule has 0 radical (unpaired) electrons. The number of aromatic amines is 1. The van der Waals surface area contributed by atoms with Crippen molar-refractivity contribution in [3.8, 4) is 5.75 Å². The van der Waals surface area contributed by atoms with E-state index in [1.807, 2.05) is 18.2 Å². The number of carbonyl (C=O) groups is 4. The number of carboxylic acid groups (broad SMARTS) is 1. The van der Waals surface area contributed by atoms with Crippen LogP contribution in [-0.2, 0) is 26.3 Å². The number of imide groups is 1. The Bertz CT molecular complexity index is 1210. The van der Waals surface area contributed by atoms with Gasteiger partial charge in [0.2, 0.25) is 5.91 Å². The molecule has 2 aromatic rings. The predicted octanol–water partition coefficient (Wildman–Crippen LogP) is 1.68. The van der Waals surface area contributed by atoms with Gasteiger partial charge in [0.05, 0.1) is 12.8 Å². The monoisotopic (exact) mass is 454 g/mol. The number of nitrogens with zero attached hydrogens (tertiary/aromatic N) is 3. The average Bonchev–Trinajstić information content (AvgIpc) is 3.47. The Hall–Kier alpha value is -3.56. The molecule has 10 heteroatoms. The summed E-state index contributed by atoms with van der Waals surface area (Å²) in [5, 5.41) is 10.4. The summed E-state index contributed by atoms with van der Waals surface area (Å²) in [6.45, 7) is 3.82. The maximum absolute atomic E-state index is 13.7. The van der Waals surface area contributed by atoms with E-state index in [0.717, 1.165) is 21.4 Å². The molecule has 2 fully saturated rings. The van der Waals surface area contributed by atoms with Crippen molar-refractivity contribution in [2.75, 3.05) is 20.2 Å². The number of ether oxygens (including phenoxy) is 1. The van der Waals surface area contributed by atoms with Crippen molar-refractivity contribution in [1.82, 2.24) is 19.7 Å². The number of urea groups is 1. The van der Waals surface area contributed by atoms with E-state index in [1.54, 1.807) is 14.0 Å². The molecule has 3 aliphatic rings. The SMILES string of the molecule is COc1ccc2[nH]c3c(c2c1)CCN1C(=O)N(C(C)C(=O)N2CCCC2C(=O)O)C(=O)C31C. The highest BCUT2D eigenvalue weighted by Gasteiger charge is 2.60. The van der Waals surface area contributed by atoms with Crippen LogP contribution < -0.4 is 4.74 Å². The Morgan fingerprint density at radius 3 is 2.73 bits per heavy atom. The Morgan fingerprint density at radius 1 is 1.27 bits per heavy atom. The first-order chi connectivity index (χ1) is 15.7. The van der Waals surface area contributed by atoms with Gasteiger partial charge in [-0.1, -0.05) is 0 Å². The molecule has 2 N–H and O–H groups in total. The summed E-state index contributed by atoms with van der Waals surface area (Å²) >= 11 is 0. The third-order valence-corrected chi connectivity index (χ3v) is 7.36. The molecule has 4 heterocycles. The maximum atomic E-state index is 13.7. The van der Waals surface area contributed by atoms with Crippen LogP contribution in [0.2, 0.25) is 0 Å². The van der Waals surface area contributed by atoms with Gasteiger partial charge in [0.15, 0.2) is 5.54 Å². The van der Waals surface area contributed by atoms with Crippen LogP contribution in [0.5, 0.6) is 5.75 Å². The topological polar surface area (TPSA) is 123 Å². The predicted molar refractivity (Wildman–Crippen MR) is 117 cm³/mol. The number of methoxy groups -OCH3 is 1. The molecule has 0 saturated carbocycles. The molecule has 0 bridgehead atoms. The quantitative estimate of drug-likeness (QED) is 0.678. The van der Waals surface area contributed by atoms with E-state index in [4.69, 9.17) is 4.74 Å². The van der Waals surface area contributed by atoms with Gasteiger partial charge in [-0.05, 0) is 56.9 Å². The number of aliphatic carboxylic acids is 1. The van der Waals surface area contributed by atoms with Crippen LogP contribution in [0.3, 0.4) is 0 Å². The van der Waals surface area contributed by atoms with Crippen molar-refractivity contribution in [1.29, 1.82) is 0 Å². The van der Waals surface area contributed by atoms with Gasteiger partial charge in [-0.2, -0.15) is 0 Å². The number of fused-ring (bicyclic) bond motifs is 5. The number of hydrogen-bond donors (Lipinski definition) is 2. The number of aromatic nitrogens is 1. The van der Waals surface area contributed by atoms with E-state index < -0.39 is 41.4 Å². The number of benzene rings is 1. The summed E-state index contributed by atoms with van der Waals surface area (Å²) in [4.78, 5) is 58.9. The lowest BCUT2D eigenvalue weighted by atomic mass is 9.87. The number of hydrogen-bond acceptors (Lipinski definition) is 5. The summed E-state index contributed by atoms with van der Waals surface area (Å²) < 4.78 is 5.34. The Balaban J connectivity index is 1.52. The minimum Gasteiger partial charge on any atom is -0.497 e. The van der Waals surface area contributed by atoms with E-state index in [2.05, 4.69) is 4.98 Å². The van der Waals surface area contributed by atoms with Gasteiger partial charge in [0, 0.05) is 24.0 Å². The summed E-state index contributed by atoms with van der Waals surface area (Å²) in [5.74, 6) is -1.38. The lowest BCUT2D eigenvalue weighted by molar-refractivity contribution is -0.151. The highest BCUT2D eigenvalue weighted by atomic mass is 16.5. The minimum absolute atomic E-state index is 0.297. The lowest BCUT2D eigenvalue weighted by Gasteiger charge is -2.36. The molecule has 10 nitrogen and oxygen atoms in total. The first kappa shape index (κ1) is 21.3. The summed E-state index contributed by atoms with van der Waals surface area (Å²) in [6, 6.07) is 3.06. The molecule has 1 aromatic carbocycles. The van der Waals surface area contributed by atoms with E-state index in [0.29, 0.717) is 43.8 Å². The highest BCUT2D eigenvalue weighted by Crippen LogP contribution is 2.45. The molecule has 5 rings (SSSR count). The van der Waals surface area contributed by atoms with E-state index >= 15 is 0 Å². The van der Waals surface area contributed by atoms with E-state index in [9.17, 15) is 24.3 Å². The fraction of sp³-hybridized carbons (Fsp3) is 0.478. The van der Waals surface area contributed by atoms with Crippen molar-refractivity contribution in [2.24, 2.45) is 0 Å². The highest BCUT2D eigenvalue weighted by molar-refractivity contribution is 6.11. The van der Waals surface area contributed by atoms with Gasteiger partial charge in [-0.3, -0.25) is 9.59 Å². The van der Waals surface area contributed by atoms with Gasteiger partial charge < -0.3 is 24.6 Å². The fourth-order valence-electron chi connectivity index (χ4n) is 5.55. The molecule has 174 valence electrons. The zero-order valence-electron chi connectivity index (χ0n) is 18.8. The molecule has 3 atom stereocenters. The molecule has 3 aliphatic heterocycles. The van der Waals surface area contributed by atoms with Crippen molar-refractivity contribution < 1.29 is 29.0 Å². The van der Waals surface area contributed by atoms with Gasteiger partial charge in [-0.15, -0.1) is 0 Å². The number of rotatable bonds is 4. The molecule has 3 unspecified atom stereocenters. The third kappa shape index (κ3) is 2.79. The summed E-state index contributed by atoms with van der Waals surface area (Å²) in [7, 11) is 1.59. The second kappa shape index (κ2) is 7.23. The maximum Gasteiger partial charge on any atom is 0.328 e. The molecule has 4 amide bonds. The van der Waals surface area contributed by atoms with Crippen LogP contribution in [0.15, 0.2) is 18.2 Å². The van der Waals surface area contributed by atoms with Gasteiger partial charge in [0.1, 0.15) is 17.8 Å². The van der Waals surface area contributed by atoms with Crippen molar-refractivity contribution in [3.05, 3.63) is 29.5 Å². The molecule has 33 heavy (non-hydrogen) atoms. The standard InChI is InChI=1S/C23H26N4O6/c1-12(19(28)25-9-4-5-17(25)20(29)30)27-21(31)23(2)18-14(8-10-26(23)22(27)32)15-11-13(33-3)6-7-16(15)24-18/h6-7,11-12,17,24H,4-5,8-10H2,1-3H3,(H,29,30). The Labute approximate surface area is 190 Å². The first-order valence-corrected chi connectivity index (χ1v) is 11.1. The Kier molecular flexibility index (Phi) is 4.66. The van der Waals surface area contributed by atoms with Crippen molar-refractivity contribution in [3.63, 3.8) is 0 Å². The Morgan fingerprint density at radius 2 is 2.03 bits per heavy atom. The van der Waals surface area contributed by atoms with Gasteiger partial charge in [-0.25, -0.2) is 14.5 Å². The third-order valence-electron chi connectivity index (χ3n) is 7.36. The number of likely N-dealkylation sites (tertiary alicyclic amines) is 1. The number of carbonyl (C=O) groups excluding carboxylic acids is 3.